The Balaban J connectivity index is 1.89. The predicted molar refractivity (Wildman–Crippen MR) is 93.6 cm³/mol. The molecule has 0 spiro atoms. The van der Waals surface area contributed by atoms with E-state index in [4.69, 9.17) is 4.74 Å². The van der Waals surface area contributed by atoms with Crippen LogP contribution in [-0.2, 0) is 4.79 Å². The maximum absolute atomic E-state index is 11.8. The maximum Gasteiger partial charge on any atom is 0.222 e. The van der Waals surface area contributed by atoms with E-state index < -0.39 is 0 Å². The largest absolute Gasteiger partial charge is 0.488 e. The van der Waals surface area contributed by atoms with Crippen molar-refractivity contribution in [1.82, 2.24) is 10.2 Å². The van der Waals surface area contributed by atoms with E-state index in [1.165, 1.54) is 5.56 Å². The van der Waals surface area contributed by atoms with Gasteiger partial charge in [0.05, 0.1) is 0 Å². The summed E-state index contributed by atoms with van der Waals surface area (Å²) < 4.78 is 5.86. The van der Waals surface area contributed by atoms with Gasteiger partial charge >= 0.3 is 0 Å². The molecule has 0 unspecified atom stereocenters. The second-order valence-corrected chi connectivity index (χ2v) is 7.35. The lowest BCUT2D eigenvalue weighted by molar-refractivity contribution is -0.129. The monoisotopic (exact) mass is 318 g/mol. The zero-order valence-electron chi connectivity index (χ0n) is 15.1. The third kappa shape index (κ3) is 5.24. The molecule has 2 atom stereocenters. The van der Waals surface area contributed by atoms with Gasteiger partial charge in [-0.15, -0.1) is 0 Å². The van der Waals surface area contributed by atoms with Gasteiger partial charge in [0.2, 0.25) is 5.91 Å². The van der Waals surface area contributed by atoms with Crippen LogP contribution in [0.25, 0.3) is 0 Å². The number of carbonyl (C=O) groups is 1. The van der Waals surface area contributed by atoms with Crippen LogP contribution in [0.15, 0.2) is 24.3 Å². The van der Waals surface area contributed by atoms with Crippen molar-refractivity contribution in [3.63, 3.8) is 0 Å². The summed E-state index contributed by atoms with van der Waals surface area (Å²) in [6, 6.07) is 8.93. The molecule has 1 fully saturated rings. The molecule has 4 heteroatoms. The van der Waals surface area contributed by atoms with Crippen LogP contribution in [0.5, 0.6) is 5.75 Å². The Labute approximate surface area is 140 Å². The Morgan fingerprint density at radius 1 is 1.35 bits per heavy atom. The Bertz CT molecular complexity index is 519. The van der Waals surface area contributed by atoms with Crippen LogP contribution in [0.1, 0.15) is 59.1 Å². The van der Waals surface area contributed by atoms with Gasteiger partial charge < -0.3 is 15.0 Å². The molecule has 1 amide bonds. The molecule has 1 aromatic rings. The molecule has 0 radical (unpaired) electrons. The van der Waals surface area contributed by atoms with Crippen molar-refractivity contribution in [2.75, 3.05) is 13.1 Å². The number of likely N-dealkylation sites (tertiary alicyclic amines) is 1. The van der Waals surface area contributed by atoms with E-state index in [1.54, 1.807) is 0 Å². The molecule has 1 aromatic carbocycles. The van der Waals surface area contributed by atoms with Gasteiger partial charge in [0.25, 0.3) is 0 Å². The molecule has 0 aromatic heterocycles. The van der Waals surface area contributed by atoms with Crippen LogP contribution in [0.2, 0.25) is 0 Å². The average molecular weight is 318 g/mol. The van der Waals surface area contributed by atoms with Crippen LogP contribution < -0.4 is 10.1 Å². The van der Waals surface area contributed by atoms with Crippen LogP contribution in [0.3, 0.4) is 0 Å². The van der Waals surface area contributed by atoms with Gasteiger partial charge in [-0.25, -0.2) is 0 Å². The minimum atomic E-state index is -0.176. The molecular formula is C19H30N2O2. The summed E-state index contributed by atoms with van der Waals surface area (Å²) in [5.74, 6) is 1.15. The number of benzene rings is 1. The summed E-state index contributed by atoms with van der Waals surface area (Å²) in [7, 11) is 0. The number of hydrogen-bond acceptors (Lipinski definition) is 3. The summed E-state index contributed by atoms with van der Waals surface area (Å²) in [6.07, 6.45) is 1.62. The van der Waals surface area contributed by atoms with E-state index in [-0.39, 0.29) is 17.6 Å². The van der Waals surface area contributed by atoms with Crippen molar-refractivity contribution >= 4 is 5.91 Å². The first-order chi connectivity index (χ1) is 10.8. The maximum atomic E-state index is 11.8. The second kappa shape index (κ2) is 7.35. The summed E-state index contributed by atoms with van der Waals surface area (Å²) in [5, 5.41) is 3.64. The lowest BCUT2D eigenvalue weighted by Crippen LogP contribution is -2.36. The first-order valence-corrected chi connectivity index (χ1v) is 8.61. The van der Waals surface area contributed by atoms with Gasteiger partial charge in [0.1, 0.15) is 11.4 Å². The second-order valence-electron chi connectivity index (χ2n) is 7.35. The van der Waals surface area contributed by atoms with Crippen molar-refractivity contribution in [1.29, 1.82) is 0 Å². The Kier molecular flexibility index (Phi) is 5.69. The van der Waals surface area contributed by atoms with Crippen molar-refractivity contribution < 1.29 is 9.53 Å². The van der Waals surface area contributed by atoms with Gasteiger partial charge in [-0.05, 0) is 51.8 Å². The quantitative estimate of drug-likeness (QED) is 0.903. The third-order valence-corrected chi connectivity index (χ3v) is 4.13. The van der Waals surface area contributed by atoms with Crippen LogP contribution in [0, 0.1) is 0 Å². The number of ether oxygens (including phenoxy) is 1. The smallest absolute Gasteiger partial charge is 0.222 e. The highest BCUT2D eigenvalue weighted by atomic mass is 16.5. The number of carbonyl (C=O) groups excluding carboxylic acids is 1. The predicted octanol–water partition coefficient (Wildman–Crippen LogP) is 3.53. The molecule has 0 bridgehead atoms. The summed E-state index contributed by atoms with van der Waals surface area (Å²) >= 11 is 0. The van der Waals surface area contributed by atoms with Gasteiger partial charge in [-0.2, -0.15) is 0 Å². The highest BCUT2D eigenvalue weighted by Gasteiger charge is 2.26. The summed E-state index contributed by atoms with van der Waals surface area (Å²) in [5.41, 5.74) is 1.07. The zero-order chi connectivity index (χ0) is 17.0. The first kappa shape index (κ1) is 17.8. The lowest BCUT2D eigenvalue weighted by atomic mass is 10.1. The van der Waals surface area contributed by atoms with Gasteiger partial charge in [-0.3, -0.25) is 4.79 Å². The number of amides is 1. The Morgan fingerprint density at radius 2 is 2.00 bits per heavy atom. The van der Waals surface area contributed by atoms with Crippen molar-refractivity contribution in [2.45, 2.75) is 65.1 Å². The van der Waals surface area contributed by atoms with E-state index in [0.29, 0.717) is 12.5 Å². The average Bonchev–Trinajstić information content (AvgIpc) is 2.94. The summed E-state index contributed by atoms with van der Waals surface area (Å²) in [4.78, 5) is 13.7. The minimum Gasteiger partial charge on any atom is -0.488 e. The molecular weight excluding hydrogens is 288 g/mol. The van der Waals surface area contributed by atoms with Crippen molar-refractivity contribution in [2.24, 2.45) is 0 Å². The van der Waals surface area contributed by atoms with E-state index >= 15 is 0 Å². The SMILES string of the molecule is CCC(=O)N1CC[C@@H](N[C@@H](C)c2ccc(OC(C)(C)C)cc2)C1. The number of nitrogens with zero attached hydrogens (tertiary/aromatic N) is 1. The third-order valence-electron chi connectivity index (χ3n) is 4.13. The fourth-order valence-electron chi connectivity index (χ4n) is 2.97. The fraction of sp³-hybridized carbons (Fsp3) is 0.632. The van der Waals surface area contributed by atoms with Gasteiger partial charge in [0.15, 0.2) is 0 Å². The fourth-order valence-corrected chi connectivity index (χ4v) is 2.97. The van der Waals surface area contributed by atoms with Crippen LogP contribution in [0.4, 0.5) is 0 Å². The molecule has 23 heavy (non-hydrogen) atoms. The van der Waals surface area contributed by atoms with E-state index in [9.17, 15) is 4.79 Å². The minimum absolute atomic E-state index is 0.176. The number of hydrogen-bond donors (Lipinski definition) is 1. The van der Waals surface area contributed by atoms with Crippen molar-refractivity contribution in [3.8, 4) is 5.75 Å². The molecule has 0 saturated carbocycles. The molecule has 1 N–H and O–H groups in total. The van der Waals surface area contributed by atoms with Gasteiger partial charge in [-0.1, -0.05) is 19.1 Å². The summed E-state index contributed by atoms with van der Waals surface area (Å²) in [6.45, 7) is 11.9. The molecule has 1 aliphatic rings. The molecule has 128 valence electrons. The molecule has 2 rings (SSSR count). The van der Waals surface area contributed by atoms with Crippen LogP contribution >= 0.6 is 0 Å². The Morgan fingerprint density at radius 3 is 2.57 bits per heavy atom. The first-order valence-electron chi connectivity index (χ1n) is 8.61. The van der Waals surface area contributed by atoms with Crippen LogP contribution in [-0.4, -0.2) is 35.5 Å². The standard InChI is InChI=1S/C19H30N2O2/c1-6-18(22)21-12-11-16(13-21)20-14(2)15-7-9-17(10-8-15)23-19(3,4)5/h7-10,14,16,20H,6,11-13H2,1-5H3/t14-,16+/m0/s1. The highest BCUT2D eigenvalue weighted by Crippen LogP contribution is 2.22. The topological polar surface area (TPSA) is 41.6 Å². The van der Waals surface area contributed by atoms with E-state index in [1.807, 2.05) is 24.0 Å². The molecule has 1 heterocycles. The number of nitrogens with one attached hydrogen (secondary N) is 1. The lowest BCUT2D eigenvalue weighted by Gasteiger charge is -2.23. The molecule has 0 aliphatic carbocycles. The highest BCUT2D eigenvalue weighted by molar-refractivity contribution is 5.76. The molecule has 1 aliphatic heterocycles. The van der Waals surface area contributed by atoms with E-state index in [2.05, 4.69) is 45.1 Å². The van der Waals surface area contributed by atoms with E-state index in [0.717, 1.165) is 25.3 Å². The van der Waals surface area contributed by atoms with Crippen molar-refractivity contribution in [3.05, 3.63) is 29.8 Å². The zero-order valence-corrected chi connectivity index (χ0v) is 15.1. The molecule has 4 nitrogen and oxygen atoms in total. The normalized spacial score (nSPS) is 19.7. The van der Waals surface area contributed by atoms with Gasteiger partial charge in [0, 0.05) is 31.6 Å². The Hall–Kier alpha value is -1.55. The molecule has 1 saturated heterocycles. The number of rotatable bonds is 5.